The van der Waals surface area contributed by atoms with Crippen LogP contribution in [-0.4, -0.2) is 23.3 Å². The number of thiazole rings is 1. The summed E-state index contributed by atoms with van der Waals surface area (Å²) in [7, 11) is 0. The van der Waals surface area contributed by atoms with Gasteiger partial charge in [0.25, 0.3) is 5.91 Å². The molecule has 0 saturated carbocycles. The van der Waals surface area contributed by atoms with Crippen molar-refractivity contribution >= 4 is 49.8 Å². The number of amides is 2. The maximum absolute atomic E-state index is 11.9. The number of nitrogens with one attached hydrogen (secondary N) is 2. The number of carbonyl (C=O) groups excluding carboxylic acids is 2. The van der Waals surface area contributed by atoms with Gasteiger partial charge in [-0.15, -0.1) is 11.3 Å². The molecule has 0 saturated heterocycles. The van der Waals surface area contributed by atoms with Gasteiger partial charge in [-0.25, -0.2) is 4.98 Å². The van der Waals surface area contributed by atoms with Gasteiger partial charge < -0.3 is 10.6 Å². The highest BCUT2D eigenvalue weighted by Gasteiger charge is 2.11. The number of thiophene rings is 1. The minimum Gasteiger partial charge on any atom is -0.342 e. The smallest absolute Gasteiger partial charge is 0.261 e. The van der Waals surface area contributed by atoms with E-state index in [0.717, 1.165) is 20.7 Å². The number of aromatic nitrogens is 1. The first-order chi connectivity index (χ1) is 11.0. The number of benzene rings is 1. The van der Waals surface area contributed by atoms with E-state index in [2.05, 4.69) is 15.6 Å². The Hall–Kier alpha value is -2.25. The monoisotopic (exact) mass is 345 g/mol. The predicted octanol–water partition coefficient (Wildman–Crippen LogP) is 3.34. The maximum Gasteiger partial charge on any atom is 0.261 e. The van der Waals surface area contributed by atoms with Gasteiger partial charge in [0.2, 0.25) is 5.91 Å². The molecule has 3 rings (SSSR count). The molecule has 0 fully saturated rings. The topological polar surface area (TPSA) is 71.1 Å². The summed E-state index contributed by atoms with van der Waals surface area (Å²) in [4.78, 5) is 29.9. The summed E-state index contributed by atoms with van der Waals surface area (Å²) < 4.78 is 1.03. The minimum absolute atomic E-state index is 0.0786. The van der Waals surface area contributed by atoms with Crippen molar-refractivity contribution in [2.75, 3.05) is 11.9 Å². The number of hydrogen-bond acceptors (Lipinski definition) is 5. The van der Waals surface area contributed by atoms with E-state index in [9.17, 15) is 9.59 Å². The van der Waals surface area contributed by atoms with Gasteiger partial charge in [-0.3, -0.25) is 9.59 Å². The number of fused-ring (bicyclic) bond motifs is 1. The van der Waals surface area contributed by atoms with Crippen LogP contribution in [0.3, 0.4) is 0 Å². The van der Waals surface area contributed by atoms with Gasteiger partial charge in [0.1, 0.15) is 0 Å². The summed E-state index contributed by atoms with van der Waals surface area (Å²) in [6.07, 6.45) is 0. The standard InChI is InChI=1S/C16H15N3O2S2/c1-9-3-5-11-13(7-9)23-16(18-11)19-14(20)8-17-15(21)12-6-4-10(2)22-12/h3-7H,8H2,1-2H3,(H,17,21)(H,18,19,20). The minimum atomic E-state index is -0.289. The largest absolute Gasteiger partial charge is 0.342 e. The zero-order valence-corrected chi connectivity index (χ0v) is 14.3. The van der Waals surface area contributed by atoms with Crippen molar-refractivity contribution in [2.45, 2.75) is 13.8 Å². The van der Waals surface area contributed by atoms with Gasteiger partial charge in [-0.2, -0.15) is 0 Å². The molecule has 0 aliphatic rings. The molecule has 0 spiro atoms. The molecule has 1 aromatic carbocycles. The summed E-state index contributed by atoms with van der Waals surface area (Å²) in [5.74, 6) is -0.527. The van der Waals surface area contributed by atoms with Crippen LogP contribution in [0.15, 0.2) is 30.3 Å². The van der Waals surface area contributed by atoms with Crippen molar-refractivity contribution in [1.29, 1.82) is 0 Å². The Kier molecular flexibility index (Phi) is 4.40. The molecule has 3 aromatic rings. The molecule has 2 heterocycles. The lowest BCUT2D eigenvalue weighted by Gasteiger charge is -2.03. The van der Waals surface area contributed by atoms with Crippen LogP contribution >= 0.6 is 22.7 Å². The molecule has 0 aliphatic heterocycles. The number of anilines is 1. The van der Waals surface area contributed by atoms with E-state index in [0.29, 0.717) is 10.0 Å². The number of aryl methyl sites for hydroxylation is 2. The molecule has 0 unspecified atom stereocenters. The van der Waals surface area contributed by atoms with Crippen molar-refractivity contribution in [3.05, 3.63) is 45.6 Å². The van der Waals surface area contributed by atoms with Crippen LogP contribution in [0.2, 0.25) is 0 Å². The van der Waals surface area contributed by atoms with E-state index >= 15 is 0 Å². The maximum atomic E-state index is 11.9. The summed E-state index contributed by atoms with van der Waals surface area (Å²) >= 11 is 2.82. The Balaban J connectivity index is 1.59. The van der Waals surface area contributed by atoms with Crippen molar-refractivity contribution in [3.63, 3.8) is 0 Å². The third-order valence-electron chi connectivity index (χ3n) is 3.16. The average molecular weight is 345 g/mol. The lowest BCUT2D eigenvalue weighted by molar-refractivity contribution is -0.115. The fourth-order valence-corrected chi connectivity index (χ4v) is 3.82. The van der Waals surface area contributed by atoms with E-state index in [1.807, 2.05) is 38.1 Å². The second-order valence-corrected chi connectivity index (χ2v) is 7.45. The van der Waals surface area contributed by atoms with E-state index < -0.39 is 0 Å². The van der Waals surface area contributed by atoms with Crippen LogP contribution in [0.4, 0.5) is 5.13 Å². The van der Waals surface area contributed by atoms with Gasteiger partial charge in [0, 0.05) is 4.88 Å². The first-order valence-corrected chi connectivity index (χ1v) is 8.66. The van der Waals surface area contributed by atoms with Gasteiger partial charge in [-0.05, 0) is 43.7 Å². The highest BCUT2D eigenvalue weighted by molar-refractivity contribution is 7.22. The highest BCUT2D eigenvalue weighted by atomic mass is 32.1. The quantitative estimate of drug-likeness (QED) is 0.762. The lowest BCUT2D eigenvalue weighted by atomic mass is 10.2. The second-order valence-electron chi connectivity index (χ2n) is 5.13. The van der Waals surface area contributed by atoms with Crippen LogP contribution in [0.5, 0.6) is 0 Å². The molecule has 23 heavy (non-hydrogen) atoms. The zero-order valence-electron chi connectivity index (χ0n) is 12.7. The molecule has 0 atom stereocenters. The van der Waals surface area contributed by atoms with E-state index in [-0.39, 0.29) is 18.4 Å². The number of nitrogens with zero attached hydrogens (tertiary/aromatic N) is 1. The van der Waals surface area contributed by atoms with E-state index in [1.165, 1.54) is 22.7 Å². The molecular weight excluding hydrogens is 330 g/mol. The Bertz CT molecular complexity index is 882. The first-order valence-electron chi connectivity index (χ1n) is 7.03. The number of carbonyl (C=O) groups is 2. The SMILES string of the molecule is Cc1ccc2nc(NC(=O)CNC(=O)c3ccc(C)s3)sc2c1. The second kappa shape index (κ2) is 6.47. The zero-order chi connectivity index (χ0) is 16.4. The first kappa shape index (κ1) is 15.6. The fourth-order valence-electron chi connectivity index (χ4n) is 2.05. The van der Waals surface area contributed by atoms with E-state index in [1.54, 1.807) is 6.07 Å². The Morgan fingerprint density at radius 3 is 2.70 bits per heavy atom. The third kappa shape index (κ3) is 3.75. The summed E-state index contributed by atoms with van der Waals surface area (Å²) in [6.45, 7) is 3.87. The average Bonchev–Trinajstić information content (AvgIpc) is 3.10. The van der Waals surface area contributed by atoms with Crippen molar-refractivity contribution < 1.29 is 9.59 Å². The molecule has 0 bridgehead atoms. The third-order valence-corrected chi connectivity index (χ3v) is 5.10. The molecule has 0 radical (unpaired) electrons. The molecule has 7 heteroatoms. The summed E-state index contributed by atoms with van der Waals surface area (Å²) in [6, 6.07) is 9.57. The lowest BCUT2D eigenvalue weighted by Crippen LogP contribution is -2.32. The van der Waals surface area contributed by atoms with Crippen molar-refractivity contribution in [3.8, 4) is 0 Å². The summed E-state index contributed by atoms with van der Waals surface area (Å²) in [5, 5.41) is 5.87. The molecule has 2 aromatic heterocycles. The predicted molar refractivity (Wildman–Crippen MR) is 94.4 cm³/mol. The fraction of sp³-hybridized carbons (Fsp3) is 0.188. The van der Waals surface area contributed by atoms with Crippen LogP contribution in [0.25, 0.3) is 10.2 Å². The molecule has 2 N–H and O–H groups in total. The molecular formula is C16H15N3O2S2. The van der Waals surface area contributed by atoms with E-state index in [4.69, 9.17) is 0 Å². The van der Waals surface area contributed by atoms with Crippen LogP contribution in [0, 0.1) is 13.8 Å². The summed E-state index contributed by atoms with van der Waals surface area (Å²) in [5.41, 5.74) is 2.01. The number of rotatable bonds is 4. The van der Waals surface area contributed by atoms with Crippen molar-refractivity contribution in [2.24, 2.45) is 0 Å². The molecule has 2 amide bonds. The van der Waals surface area contributed by atoms with Gasteiger partial charge in [-0.1, -0.05) is 17.4 Å². The normalized spacial score (nSPS) is 10.7. The van der Waals surface area contributed by atoms with Gasteiger partial charge >= 0.3 is 0 Å². The van der Waals surface area contributed by atoms with Crippen molar-refractivity contribution in [1.82, 2.24) is 10.3 Å². The van der Waals surface area contributed by atoms with Crippen LogP contribution in [0.1, 0.15) is 20.1 Å². The Labute approximate surface area is 141 Å². The van der Waals surface area contributed by atoms with Gasteiger partial charge in [0.15, 0.2) is 5.13 Å². The highest BCUT2D eigenvalue weighted by Crippen LogP contribution is 2.26. The molecule has 5 nitrogen and oxygen atoms in total. The number of hydrogen-bond donors (Lipinski definition) is 2. The van der Waals surface area contributed by atoms with Crippen LogP contribution in [-0.2, 0) is 4.79 Å². The molecule has 0 aliphatic carbocycles. The Morgan fingerprint density at radius 1 is 1.13 bits per heavy atom. The van der Waals surface area contributed by atoms with Gasteiger partial charge in [0.05, 0.1) is 21.6 Å². The van der Waals surface area contributed by atoms with Crippen LogP contribution < -0.4 is 10.6 Å². The molecule has 118 valence electrons. The Morgan fingerprint density at radius 2 is 1.96 bits per heavy atom.